The van der Waals surface area contributed by atoms with Gasteiger partial charge in [0.05, 0.1) is 0 Å². The van der Waals surface area contributed by atoms with Crippen molar-refractivity contribution in [2.75, 3.05) is 0 Å². The first-order chi connectivity index (χ1) is 4.83. The van der Waals surface area contributed by atoms with Crippen LogP contribution in [0.15, 0.2) is 12.2 Å². The van der Waals surface area contributed by atoms with E-state index in [1.54, 1.807) is 0 Å². The molecule has 0 aromatic rings. The highest BCUT2D eigenvalue weighted by atomic mass is 35.5. The second-order valence-corrected chi connectivity index (χ2v) is 4.76. The van der Waals surface area contributed by atoms with Crippen molar-refractivity contribution in [1.29, 1.82) is 0 Å². The lowest BCUT2D eigenvalue weighted by Crippen LogP contribution is -2.43. The van der Waals surface area contributed by atoms with E-state index in [9.17, 15) is 5.11 Å². The molecule has 0 spiro atoms. The maximum atomic E-state index is 9.27. The highest BCUT2D eigenvalue weighted by molar-refractivity contribution is 6.50. The summed E-state index contributed by atoms with van der Waals surface area (Å²) in [6.07, 6.45) is 1.46. The van der Waals surface area contributed by atoms with Gasteiger partial charge in [-0.3, -0.25) is 0 Å². The molecule has 5 heteroatoms. The number of allylic oxidation sites excluding steroid dienone is 1. The monoisotopic (exact) mass is 216 g/mol. The fourth-order valence-electron chi connectivity index (χ4n) is 0.873. The van der Waals surface area contributed by atoms with Gasteiger partial charge < -0.3 is 10.2 Å². The van der Waals surface area contributed by atoms with Crippen molar-refractivity contribution in [2.45, 2.75) is 21.9 Å². The highest BCUT2D eigenvalue weighted by Crippen LogP contribution is 2.40. The van der Waals surface area contributed by atoms with Gasteiger partial charge >= 0.3 is 0 Å². The van der Waals surface area contributed by atoms with Crippen LogP contribution in [0.25, 0.3) is 0 Å². The van der Waals surface area contributed by atoms with Crippen LogP contribution in [0.2, 0.25) is 0 Å². The van der Waals surface area contributed by atoms with Crippen LogP contribution < -0.4 is 0 Å². The van der Waals surface area contributed by atoms with E-state index < -0.39 is 15.5 Å². The Bertz CT molecular complexity index is 188. The Balaban J connectivity index is 2.85. The average Bonchev–Trinajstić information content (AvgIpc) is 1.77. The van der Waals surface area contributed by atoms with E-state index in [2.05, 4.69) is 0 Å². The van der Waals surface area contributed by atoms with Crippen LogP contribution >= 0.6 is 34.8 Å². The van der Waals surface area contributed by atoms with Gasteiger partial charge in [0.2, 0.25) is 0 Å². The van der Waals surface area contributed by atoms with E-state index >= 15 is 0 Å². The van der Waals surface area contributed by atoms with Gasteiger partial charge in [0.25, 0.3) is 0 Å². The summed E-state index contributed by atoms with van der Waals surface area (Å²) >= 11 is 16.8. The Morgan fingerprint density at radius 3 is 2.27 bits per heavy atom. The summed E-state index contributed by atoms with van der Waals surface area (Å²) in [7, 11) is 0. The minimum Gasteiger partial charge on any atom is -0.385 e. The van der Waals surface area contributed by atoms with Crippen molar-refractivity contribution in [3.8, 4) is 0 Å². The summed E-state index contributed by atoms with van der Waals surface area (Å²) in [6.45, 7) is 0. The molecule has 2 nitrogen and oxygen atoms in total. The van der Waals surface area contributed by atoms with E-state index in [0.717, 1.165) is 0 Å². The molecular weight excluding hydrogens is 210 g/mol. The quantitative estimate of drug-likeness (QED) is 0.476. The number of aliphatic hydroxyl groups excluding tert-OH is 1. The summed E-state index contributed by atoms with van der Waals surface area (Å²) in [5, 5.41) is 16.6. The first kappa shape index (κ1) is 9.62. The molecule has 0 amide bonds. The smallest absolute Gasteiger partial charge is 0.171 e. The Hall–Kier alpha value is 0.530. The third-order valence-electron chi connectivity index (χ3n) is 1.46. The van der Waals surface area contributed by atoms with Gasteiger partial charge in [0.15, 0.2) is 5.06 Å². The largest absolute Gasteiger partial charge is 0.385 e. The lowest BCUT2D eigenvalue weighted by molar-refractivity contribution is 0.00257. The maximum absolute atomic E-state index is 9.27. The molecule has 0 aromatic heterocycles. The van der Waals surface area contributed by atoms with Crippen molar-refractivity contribution >= 4 is 34.8 Å². The predicted octanol–water partition coefficient (Wildman–Crippen LogP) is 1.41. The first-order valence-corrected chi connectivity index (χ1v) is 4.13. The standard InChI is InChI=1S/C6H7Cl3O2/c7-5(8)2-1-4(10)6(9,11)3-5/h1-2,4,10-11H,3H2. The zero-order valence-electron chi connectivity index (χ0n) is 5.47. The molecule has 1 aliphatic carbocycles. The van der Waals surface area contributed by atoms with Crippen LogP contribution in [0.1, 0.15) is 6.42 Å². The lowest BCUT2D eigenvalue weighted by Gasteiger charge is -2.33. The van der Waals surface area contributed by atoms with Gasteiger partial charge in [-0.1, -0.05) is 47.0 Å². The van der Waals surface area contributed by atoms with E-state index in [1.807, 2.05) is 0 Å². The molecule has 0 heterocycles. The first-order valence-electron chi connectivity index (χ1n) is 3.00. The summed E-state index contributed by atoms with van der Waals surface area (Å²) < 4.78 is -1.18. The summed E-state index contributed by atoms with van der Waals surface area (Å²) in [5.41, 5.74) is 0. The number of halogens is 3. The van der Waals surface area contributed by atoms with Crippen LogP contribution in [0, 0.1) is 0 Å². The zero-order valence-corrected chi connectivity index (χ0v) is 7.74. The van der Waals surface area contributed by atoms with Gasteiger partial charge in [-0.05, 0) is 0 Å². The fraction of sp³-hybridized carbons (Fsp3) is 0.667. The fourth-order valence-corrected chi connectivity index (χ4v) is 1.85. The number of hydrogen-bond acceptors (Lipinski definition) is 2. The molecule has 11 heavy (non-hydrogen) atoms. The van der Waals surface area contributed by atoms with Gasteiger partial charge in [0.1, 0.15) is 10.4 Å². The Morgan fingerprint density at radius 1 is 1.36 bits per heavy atom. The van der Waals surface area contributed by atoms with Crippen LogP contribution in [-0.2, 0) is 0 Å². The summed E-state index contributed by atoms with van der Waals surface area (Å²) in [5.74, 6) is 0. The van der Waals surface area contributed by atoms with Crippen LogP contribution in [0.5, 0.6) is 0 Å². The molecule has 0 fully saturated rings. The van der Waals surface area contributed by atoms with Crippen molar-refractivity contribution in [3.05, 3.63) is 12.2 Å². The Kier molecular flexibility index (Phi) is 2.43. The molecular formula is C6H7Cl3O2. The van der Waals surface area contributed by atoms with Crippen LogP contribution in [0.3, 0.4) is 0 Å². The maximum Gasteiger partial charge on any atom is 0.171 e. The van der Waals surface area contributed by atoms with Gasteiger partial charge in [-0.15, -0.1) is 0 Å². The minimum atomic E-state index is -1.75. The van der Waals surface area contributed by atoms with E-state index in [-0.39, 0.29) is 6.42 Å². The van der Waals surface area contributed by atoms with Crippen LogP contribution in [0.4, 0.5) is 0 Å². The average molecular weight is 217 g/mol. The van der Waals surface area contributed by atoms with E-state index in [1.165, 1.54) is 12.2 Å². The van der Waals surface area contributed by atoms with Crippen molar-refractivity contribution in [2.24, 2.45) is 0 Å². The second kappa shape index (κ2) is 2.79. The SMILES string of the molecule is OC1C=CC(Cl)(Cl)CC1(O)Cl. The second-order valence-electron chi connectivity index (χ2n) is 2.56. The number of alkyl halides is 3. The number of hydrogen-bond donors (Lipinski definition) is 2. The third kappa shape index (κ3) is 2.23. The third-order valence-corrected chi connectivity index (χ3v) is 2.34. The molecule has 0 radical (unpaired) electrons. The Labute approximate surface area is 79.4 Å². The van der Waals surface area contributed by atoms with E-state index in [4.69, 9.17) is 39.9 Å². The predicted molar refractivity (Wildman–Crippen MR) is 45.0 cm³/mol. The molecule has 0 saturated carbocycles. The summed E-state index contributed by atoms with van der Waals surface area (Å²) in [6, 6.07) is 0. The molecule has 0 aromatic carbocycles. The zero-order chi connectivity index (χ0) is 8.70. The molecule has 1 rings (SSSR count). The molecule has 1 aliphatic rings. The molecule has 0 saturated heterocycles. The van der Waals surface area contributed by atoms with Crippen molar-refractivity contribution in [1.82, 2.24) is 0 Å². The van der Waals surface area contributed by atoms with Gasteiger partial charge in [-0.25, -0.2) is 0 Å². The molecule has 0 bridgehead atoms. The topological polar surface area (TPSA) is 40.5 Å². The Morgan fingerprint density at radius 2 is 1.91 bits per heavy atom. The van der Waals surface area contributed by atoms with Gasteiger partial charge in [0, 0.05) is 6.42 Å². The van der Waals surface area contributed by atoms with E-state index in [0.29, 0.717) is 0 Å². The molecule has 2 N–H and O–H groups in total. The number of rotatable bonds is 0. The van der Waals surface area contributed by atoms with Gasteiger partial charge in [-0.2, -0.15) is 0 Å². The molecule has 0 aliphatic heterocycles. The molecule has 2 unspecified atom stereocenters. The van der Waals surface area contributed by atoms with Crippen molar-refractivity contribution in [3.63, 3.8) is 0 Å². The number of aliphatic hydroxyl groups is 2. The lowest BCUT2D eigenvalue weighted by atomic mass is 10.0. The molecule has 2 atom stereocenters. The normalized spacial score (nSPS) is 42.5. The highest BCUT2D eigenvalue weighted by Gasteiger charge is 2.43. The molecule has 64 valence electrons. The summed E-state index contributed by atoms with van der Waals surface area (Å²) in [4.78, 5) is 0. The minimum absolute atomic E-state index is 0.0949. The van der Waals surface area contributed by atoms with Crippen LogP contribution in [-0.4, -0.2) is 25.7 Å². The van der Waals surface area contributed by atoms with Crippen molar-refractivity contribution < 1.29 is 10.2 Å².